The summed E-state index contributed by atoms with van der Waals surface area (Å²) in [7, 11) is 0. The Morgan fingerprint density at radius 1 is 0.342 bits per heavy atom. The Balaban J connectivity index is 3.32. The Morgan fingerprint density at radius 3 is 0.899 bits per heavy atom. The van der Waals surface area contributed by atoms with Gasteiger partial charge < -0.3 is 20.3 Å². The Kier molecular flexibility index (Phi) is 67.4. The lowest BCUT2D eigenvalue weighted by Gasteiger charge is -2.20. The highest BCUT2D eigenvalue weighted by Crippen LogP contribution is 2.19. The third-order valence-corrected chi connectivity index (χ3v) is 17.0. The molecule has 0 aromatic rings. The molecular weight excluding hydrogens is 971 g/mol. The van der Waals surface area contributed by atoms with Gasteiger partial charge in [-0.15, -0.1) is 0 Å². The predicted molar refractivity (Wildman–Crippen MR) is 347 cm³/mol. The van der Waals surface area contributed by atoms with Gasteiger partial charge in [-0.1, -0.05) is 359 Å². The molecule has 3 N–H and O–H groups in total. The van der Waals surface area contributed by atoms with Gasteiger partial charge in [-0.3, -0.25) is 9.59 Å². The Morgan fingerprint density at radius 2 is 0.595 bits per heavy atom. The van der Waals surface area contributed by atoms with Gasteiger partial charge in [0.15, 0.2) is 0 Å². The third-order valence-electron chi connectivity index (χ3n) is 17.0. The van der Waals surface area contributed by atoms with Crippen LogP contribution in [0.3, 0.4) is 0 Å². The van der Waals surface area contributed by atoms with Crippen molar-refractivity contribution in [1.29, 1.82) is 0 Å². The van der Waals surface area contributed by atoms with Gasteiger partial charge in [-0.05, 0) is 57.8 Å². The van der Waals surface area contributed by atoms with Crippen LogP contribution in [0.25, 0.3) is 0 Å². The molecule has 0 heterocycles. The van der Waals surface area contributed by atoms with E-state index in [-0.39, 0.29) is 18.5 Å². The lowest BCUT2D eigenvalue weighted by Crippen LogP contribution is -2.45. The van der Waals surface area contributed by atoms with Gasteiger partial charge in [0.1, 0.15) is 0 Å². The maximum Gasteiger partial charge on any atom is 0.305 e. The van der Waals surface area contributed by atoms with Crippen molar-refractivity contribution in [2.45, 2.75) is 418 Å². The highest BCUT2D eigenvalue weighted by atomic mass is 16.5. The van der Waals surface area contributed by atoms with Gasteiger partial charge in [-0.2, -0.15) is 0 Å². The number of allylic oxidation sites excluding steroid dienone is 3. The molecule has 1 amide bonds. The van der Waals surface area contributed by atoms with Gasteiger partial charge in [-0.25, -0.2) is 0 Å². The van der Waals surface area contributed by atoms with Crippen LogP contribution in [0.15, 0.2) is 24.3 Å². The second-order valence-electron chi connectivity index (χ2n) is 24.9. The first-order valence-electron chi connectivity index (χ1n) is 36.1. The van der Waals surface area contributed by atoms with Crippen LogP contribution in [0.5, 0.6) is 0 Å². The molecule has 79 heavy (non-hydrogen) atoms. The molecule has 0 saturated heterocycles. The molecule has 6 nitrogen and oxygen atoms in total. The summed E-state index contributed by atoms with van der Waals surface area (Å²) >= 11 is 0. The molecule has 0 rings (SSSR count). The normalized spacial score (nSPS) is 12.6. The average molecular weight is 1110 g/mol. The fourth-order valence-electron chi connectivity index (χ4n) is 11.5. The van der Waals surface area contributed by atoms with E-state index >= 15 is 0 Å². The van der Waals surface area contributed by atoms with E-state index in [9.17, 15) is 19.8 Å². The van der Waals surface area contributed by atoms with Crippen LogP contribution in [0.1, 0.15) is 406 Å². The zero-order chi connectivity index (χ0) is 57.1. The second-order valence-corrected chi connectivity index (χ2v) is 24.9. The summed E-state index contributed by atoms with van der Waals surface area (Å²) in [5.41, 5.74) is 0. The van der Waals surface area contributed by atoms with Gasteiger partial charge in [0.2, 0.25) is 5.91 Å². The number of amides is 1. The molecule has 0 spiro atoms. The molecule has 6 heteroatoms. The number of rotatable bonds is 68. The molecule has 0 aliphatic carbocycles. The van der Waals surface area contributed by atoms with Crippen LogP contribution in [0, 0.1) is 0 Å². The van der Waals surface area contributed by atoms with Crippen molar-refractivity contribution in [1.82, 2.24) is 5.32 Å². The molecule has 0 aliphatic heterocycles. The first-order valence-corrected chi connectivity index (χ1v) is 36.1. The van der Waals surface area contributed by atoms with Crippen molar-refractivity contribution < 1.29 is 24.5 Å². The van der Waals surface area contributed by atoms with Crippen molar-refractivity contribution >= 4 is 11.9 Å². The van der Waals surface area contributed by atoms with Gasteiger partial charge in [0.25, 0.3) is 0 Å². The van der Waals surface area contributed by atoms with Crippen LogP contribution in [-0.4, -0.2) is 47.4 Å². The molecule has 2 unspecified atom stereocenters. The van der Waals surface area contributed by atoms with Gasteiger partial charge >= 0.3 is 5.97 Å². The maximum absolute atomic E-state index is 12.5. The summed E-state index contributed by atoms with van der Waals surface area (Å²) in [5, 5.41) is 23.1. The molecule has 468 valence electrons. The highest BCUT2D eigenvalue weighted by molar-refractivity contribution is 5.76. The molecule has 2 atom stereocenters. The summed E-state index contributed by atoms with van der Waals surface area (Å²) in [4.78, 5) is 24.6. The van der Waals surface area contributed by atoms with E-state index in [1.807, 2.05) is 6.08 Å². The topological polar surface area (TPSA) is 95.9 Å². The predicted octanol–water partition coefficient (Wildman–Crippen LogP) is 23.3. The monoisotopic (exact) mass is 1110 g/mol. The molecule has 0 bridgehead atoms. The van der Waals surface area contributed by atoms with Crippen LogP contribution < -0.4 is 5.32 Å². The van der Waals surface area contributed by atoms with Gasteiger partial charge in [0, 0.05) is 12.8 Å². The Bertz CT molecular complexity index is 1230. The first-order chi connectivity index (χ1) is 39.0. The zero-order valence-corrected chi connectivity index (χ0v) is 53.6. The zero-order valence-electron chi connectivity index (χ0n) is 53.6. The Hall–Kier alpha value is -1.66. The van der Waals surface area contributed by atoms with E-state index in [2.05, 4.69) is 31.3 Å². The maximum atomic E-state index is 12.5. The number of aliphatic hydroxyl groups excluding tert-OH is 2. The van der Waals surface area contributed by atoms with Crippen molar-refractivity contribution in [2.75, 3.05) is 13.2 Å². The minimum absolute atomic E-state index is 0.0201. The summed E-state index contributed by atoms with van der Waals surface area (Å²) < 4.78 is 5.51. The molecule has 0 aliphatic rings. The lowest BCUT2D eigenvalue weighted by atomic mass is 10.0. The van der Waals surface area contributed by atoms with E-state index in [4.69, 9.17) is 4.74 Å². The molecule has 0 saturated carbocycles. The molecule has 0 aromatic carbocycles. The minimum Gasteiger partial charge on any atom is -0.466 e. The number of aliphatic hydroxyl groups is 2. The lowest BCUT2D eigenvalue weighted by molar-refractivity contribution is -0.143. The summed E-state index contributed by atoms with van der Waals surface area (Å²) in [5.74, 6) is -0.0423. The standard InChI is InChI=1S/C73H141NO5/c1-3-5-7-9-11-13-15-17-18-19-32-36-39-43-47-51-55-59-63-67-73(78)79-68-64-60-56-52-48-44-40-37-34-31-29-27-25-23-21-20-22-24-26-28-30-33-35-38-42-46-50-54-58-62-66-72(77)74-70(69-75)71(76)65-61-57-53-49-45-41-16-14-12-10-8-6-4-2/h17-18,61,65,70-71,75-76H,3-16,19-60,62-64,66-69H2,1-2H3,(H,74,77)/b18-17-,65-61+. The smallest absolute Gasteiger partial charge is 0.305 e. The van der Waals surface area contributed by atoms with E-state index in [0.29, 0.717) is 19.4 Å². The van der Waals surface area contributed by atoms with Crippen LogP contribution >= 0.6 is 0 Å². The summed E-state index contributed by atoms with van der Waals surface area (Å²) in [6, 6.07) is -0.624. The number of hydrogen-bond donors (Lipinski definition) is 3. The van der Waals surface area contributed by atoms with Crippen molar-refractivity contribution in [3.05, 3.63) is 24.3 Å². The molecular formula is C73H141NO5. The van der Waals surface area contributed by atoms with E-state index in [1.165, 1.54) is 340 Å². The van der Waals surface area contributed by atoms with E-state index in [1.54, 1.807) is 6.08 Å². The number of hydrogen-bond acceptors (Lipinski definition) is 5. The van der Waals surface area contributed by atoms with Crippen molar-refractivity contribution in [3.63, 3.8) is 0 Å². The summed E-state index contributed by atoms with van der Waals surface area (Å²) in [6.45, 7) is 4.93. The number of unbranched alkanes of at least 4 members (excludes halogenated alkanes) is 55. The first kappa shape index (κ1) is 77.3. The molecule has 0 radical (unpaired) electrons. The minimum atomic E-state index is -0.840. The molecule has 0 fully saturated rings. The average Bonchev–Trinajstić information content (AvgIpc) is 3.45. The van der Waals surface area contributed by atoms with E-state index in [0.717, 1.165) is 38.5 Å². The van der Waals surface area contributed by atoms with Crippen molar-refractivity contribution in [3.8, 4) is 0 Å². The largest absolute Gasteiger partial charge is 0.466 e. The number of carbonyl (C=O) groups excluding carboxylic acids is 2. The number of ether oxygens (including phenoxy) is 1. The van der Waals surface area contributed by atoms with Crippen LogP contribution in [-0.2, 0) is 14.3 Å². The molecule has 0 aromatic heterocycles. The number of esters is 1. The van der Waals surface area contributed by atoms with E-state index < -0.39 is 12.1 Å². The van der Waals surface area contributed by atoms with Crippen LogP contribution in [0.4, 0.5) is 0 Å². The van der Waals surface area contributed by atoms with Crippen LogP contribution in [0.2, 0.25) is 0 Å². The Labute approximate surface area is 494 Å². The highest BCUT2D eigenvalue weighted by Gasteiger charge is 2.18. The number of carbonyl (C=O) groups is 2. The van der Waals surface area contributed by atoms with Gasteiger partial charge in [0.05, 0.1) is 25.4 Å². The quantitative estimate of drug-likeness (QED) is 0.0320. The van der Waals surface area contributed by atoms with Crippen molar-refractivity contribution in [2.24, 2.45) is 0 Å². The fourth-order valence-corrected chi connectivity index (χ4v) is 11.5. The second kappa shape index (κ2) is 68.8. The SMILES string of the molecule is CCCCCCCC/C=C\CCCCCCCCCCCC(=O)OCCCCCCCCCCCCCCCCCCCCCCCCCCCCCCCCC(=O)NC(CO)C(O)/C=C/CCCCCCCCCCCCC. The number of nitrogens with one attached hydrogen (secondary N) is 1. The summed E-state index contributed by atoms with van der Waals surface area (Å²) in [6.07, 6.45) is 87.0. The third kappa shape index (κ3) is 65.4. The fraction of sp³-hybridized carbons (Fsp3) is 0.918.